The van der Waals surface area contributed by atoms with Gasteiger partial charge in [0.05, 0.1) is 43.6 Å². The summed E-state index contributed by atoms with van der Waals surface area (Å²) in [5, 5.41) is 31.4. The Balaban J connectivity index is 2.04. The van der Waals surface area contributed by atoms with Crippen LogP contribution < -0.4 is 0 Å². The minimum Gasteiger partial charge on any atom is -0.461 e. The van der Waals surface area contributed by atoms with Crippen molar-refractivity contribution in [3.05, 3.63) is 23.8 Å². The molecule has 0 radical (unpaired) electrons. The van der Waals surface area contributed by atoms with Gasteiger partial charge >= 0.3 is 13.6 Å². The molecule has 2 aliphatic rings. The van der Waals surface area contributed by atoms with Crippen LogP contribution in [0, 0.1) is 23.7 Å². The molecule has 202 valence electrons. The molecule has 2 aliphatic carbocycles. The van der Waals surface area contributed by atoms with Gasteiger partial charge in [-0.05, 0) is 56.9 Å². The van der Waals surface area contributed by atoms with E-state index in [-0.39, 0.29) is 55.4 Å². The van der Waals surface area contributed by atoms with Crippen LogP contribution in [0.2, 0.25) is 0 Å². The number of hydrogen-bond acceptors (Lipinski definition) is 8. The van der Waals surface area contributed by atoms with Crippen molar-refractivity contribution in [2.45, 2.75) is 91.1 Å². The predicted octanol–water partition coefficient (Wildman–Crippen LogP) is 4.23. The van der Waals surface area contributed by atoms with Gasteiger partial charge in [-0.1, -0.05) is 39.0 Å². The normalized spacial score (nSPS) is 29.1. The van der Waals surface area contributed by atoms with E-state index in [1.807, 2.05) is 26.0 Å². The second-order valence-corrected chi connectivity index (χ2v) is 12.0. The van der Waals surface area contributed by atoms with E-state index in [4.69, 9.17) is 13.8 Å². The summed E-state index contributed by atoms with van der Waals surface area (Å²) in [5.41, 5.74) is 0.970. The summed E-state index contributed by atoms with van der Waals surface area (Å²) >= 11 is 0. The Hall–Kier alpha value is -1.02. The number of rotatable bonds is 14. The molecular weight excluding hydrogens is 471 g/mol. The van der Waals surface area contributed by atoms with Crippen LogP contribution in [-0.4, -0.2) is 65.1 Å². The molecule has 0 unspecified atom stereocenters. The van der Waals surface area contributed by atoms with Gasteiger partial charge in [-0.15, -0.1) is 0 Å². The van der Waals surface area contributed by atoms with Crippen LogP contribution in [0.3, 0.4) is 0 Å². The number of fused-ring (bicyclic) bond motifs is 1. The first-order valence-corrected chi connectivity index (χ1v) is 14.8. The second-order valence-electron chi connectivity index (χ2n) is 9.91. The molecule has 3 N–H and O–H groups in total. The summed E-state index contributed by atoms with van der Waals surface area (Å²) in [6.07, 6.45) is 5.12. The zero-order valence-corrected chi connectivity index (χ0v) is 22.7. The Morgan fingerprint density at radius 3 is 2.43 bits per heavy atom. The molecule has 0 saturated carbocycles. The van der Waals surface area contributed by atoms with Crippen LogP contribution in [0.5, 0.6) is 0 Å². The first-order chi connectivity index (χ1) is 16.5. The van der Waals surface area contributed by atoms with Crippen LogP contribution in [0.15, 0.2) is 23.8 Å². The lowest BCUT2D eigenvalue weighted by Crippen LogP contribution is -2.43. The summed E-state index contributed by atoms with van der Waals surface area (Å²) in [5.74, 6) is -0.199. The van der Waals surface area contributed by atoms with Gasteiger partial charge in [0, 0.05) is 12.3 Å². The Bertz CT molecular complexity index is 771. The van der Waals surface area contributed by atoms with Gasteiger partial charge in [-0.25, -0.2) is 0 Å². The molecule has 8 atom stereocenters. The fourth-order valence-corrected chi connectivity index (χ4v) is 6.84. The van der Waals surface area contributed by atoms with Gasteiger partial charge in [0.25, 0.3) is 0 Å². The lowest BCUT2D eigenvalue weighted by atomic mass is 9.66. The summed E-state index contributed by atoms with van der Waals surface area (Å²) in [7, 11) is -3.39. The van der Waals surface area contributed by atoms with Crippen molar-refractivity contribution in [2.75, 3.05) is 19.4 Å². The number of hydrogen-bond donors (Lipinski definition) is 3. The summed E-state index contributed by atoms with van der Waals surface area (Å²) in [4.78, 5) is 12.6. The van der Waals surface area contributed by atoms with Crippen LogP contribution in [0.25, 0.3) is 0 Å². The van der Waals surface area contributed by atoms with E-state index in [1.54, 1.807) is 13.8 Å². The first kappa shape index (κ1) is 30.2. The molecule has 0 fully saturated rings. The van der Waals surface area contributed by atoms with Crippen LogP contribution in [-0.2, 0) is 23.1 Å². The van der Waals surface area contributed by atoms with Gasteiger partial charge in [0.15, 0.2) is 0 Å². The minimum absolute atomic E-state index is 0.0559. The average Bonchev–Trinajstić information content (AvgIpc) is 2.77. The third-order valence-corrected chi connectivity index (χ3v) is 9.29. The van der Waals surface area contributed by atoms with Crippen molar-refractivity contribution >= 4 is 13.6 Å². The SMILES string of the molecule is CCOP(=O)(C[C@H](O)C[C@@H](O)CC[C@@H]1[C@@H]2C(=C[C@@H](O)C[C@@H]2OC(=O)[C@@H](C)CC)C=C[C@@H]1C)OCC. The number of aliphatic hydroxyl groups is 3. The zero-order valence-electron chi connectivity index (χ0n) is 21.8. The van der Waals surface area contributed by atoms with Crippen molar-refractivity contribution in [1.29, 1.82) is 0 Å². The molecule has 8 nitrogen and oxygen atoms in total. The Labute approximate surface area is 210 Å². The fraction of sp³-hybridized carbons (Fsp3) is 0.808. The Morgan fingerprint density at radius 2 is 1.83 bits per heavy atom. The monoisotopic (exact) mass is 516 g/mol. The van der Waals surface area contributed by atoms with E-state index in [2.05, 4.69) is 13.0 Å². The molecule has 0 aliphatic heterocycles. The topological polar surface area (TPSA) is 123 Å². The summed E-state index contributed by atoms with van der Waals surface area (Å²) in [6.45, 7) is 9.76. The highest BCUT2D eigenvalue weighted by Gasteiger charge is 2.42. The zero-order chi connectivity index (χ0) is 26.2. The molecule has 2 rings (SSSR count). The maximum atomic E-state index is 12.7. The van der Waals surface area contributed by atoms with E-state index in [1.165, 1.54) is 0 Å². The molecular formula is C26H45O8P. The number of aliphatic hydroxyl groups excluding tert-OH is 3. The van der Waals surface area contributed by atoms with E-state index in [9.17, 15) is 24.7 Å². The molecule has 0 spiro atoms. The first-order valence-electron chi connectivity index (χ1n) is 13.1. The van der Waals surface area contributed by atoms with Gasteiger partial charge in [-0.2, -0.15) is 0 Å². The van der Waals surface area contributed by atoms with E-state index in [0.717, 1.165) is 5.57 Å². The minimum atomic E-state index is -3.39. The summed E-state index contributed by atoms with van der Waals surface area (Å²) in [6, 6.07) is 0. The maximum absolute atomic E-state index is 12.7. The smallest absolute Gasteiger partial charge is 0.333 e. The van der Waals surface area contributed by atoms with Crippen LogP contribution in [0.1, 0.15) is 66.7 Å². The average molecular weight is 517 g/mol. The van der Waals surface area contributed by atoms with Crippen molar-refractivity contribution < 1.29 is 38.5 Å². The molecule has 9 heteroatoms. The number of carbonyl (C=O) groups is 1. The molecule has 0 aromatic carbocycles. The number of ether oxygens (including phenoxy) is 1. The number of carbonyl (C=O) groups excluding carboxylic acids is 1. The standard InChI is InChI=1S/C26H45O8P/c1-6-17(4)26(30)34-24-15-21(28)13-19-10-9-18(5)23(25(19)24)12-11-20(27)14-22(29)16-35(31,32-7-2)33-8-3/h9-10,13,17-18,20-25,27-29H,6-8,11-12,14-16H2,1-5H3/t17-,18-,20-,21+,22+,23-,24-,25-/m0/s1. The molecule has 0 aromatic heterocycles. The molecule has 0 aromatic rings. The van der Waals surface area contributed by atoms with Crippen molar-refractivity contribution in [2.24, 2.45) is 23.7 Å². The number of allylic oxidation sites excluding steroid dienone is 2. The highest BCUT2D eigenvalue weighted by atomic mass is 31.2. The number of esters is 1. The van der Waals surface area contributed by atoms with Crippen LogP contribution >= 0.6 is 7.60 Å². The highest BCUT2D eigenvalue weighted by Crippen LogP contribution is 2.49. The van der Waals surface area contributed by atoms with E-state index >= 15 is 0 Å². The lowest BCUT2D eigenvalue weighted by molar-refractivity contribution is -0.159. The van der Waals surface area contributed by atoms with Crippen molar-refractivity contribution in [1.82, 2.24) is 0 Å². The van der Waals surface area contributed by atoms with E-state index in [0.29, 0.717) is 25.7 Å². The van der Waals surface area contributed by atoms with Gasteiger partial charge < -0.3 is 29.1 Å². The second kappa shape index (κ2) is 14.1. The highest BCUT2D eigenvalue weighted by molar-refractivity contribution is 7.53. The van der Waals surface area contributed by atoms with Gasteiger partial charge in [-0.3, -0.25) is 9.36 Å². The van der Waals surface area contributed by atoms with Crippen LogP contribution in [0.4, 0.5) is 0 Å². The molecule has 0 heterocycles. The van der Waals surface area contributed by atoms with Gasteiger partial charge in [0.1, 0.15) is 6.10 Å². The third kappa shape index (κ3) is 8.80. The Morgan fingerprint density at radius 1 is 1.17 bits per heavy atom. The molecule has 0 amide bonds. The predicted molar refractivity (Wildman–Crippen MR) is 135 cm³/mol. The quantitative estimate of drug-likeness (QED) is 0.232. The summed E-state index contributed by atoms with van der Waals surface area (Å²) < 4.78 is 29.1. The van der Waals surface area contributed by atoms with Crippen molar-refractivity contribution in [3.63, 3.8) is 0 Å². The Kier molecular flexibility index (Phi) is 12.1. The maximum Gasteiger partial charge on any atom is 0.333 e. The van der Waals surface area contributed by atoms with Gasteiger partial charge in [0.2, 0.25) is 0 Å². The fourth-order valence-electron chi connectivity index (χ4n) is 5.10. The largest absolute Gasteiger partial charge is 0.461 e. The molecule has 35 heavy (non-hydrogen) atoms. The third-order valence-electron chi connectivity index (χ3n) is 7.12. The van der Waals surface area contributed by atoms with E-state index < -0.39 is 32.0 Å². The lowest BCUT2D eigenvalue weighted by Gasteiger charge is -2.43. The molecule has 0 bridgehead atoms. The molecule has 0 saturated heterocycles. The van der Waals surface area contributed by atoms with Crippen molar-refractivity contribution in [3.8, 4) is 0 Å².